The van der Waals surface area contributed by atoms with Crippen molar-refractivity contribution in [1.82, 2.24) is 15.0 Å². The lowest BCUT2D eigenvalue weighted by Crippen LogP contribution is -2.01. The van der Waals surface area contributed by atoms with E-state index in [9.17, 15) is 0 Å². The van der Waals surface area contributed by atoms with Crippen LogP contribution in [-0.2, 0) is 0 Å². The average molecular weight is 201 g/mol. The topological polar surface area (TPSA) is 47.9 Å². The van der Waals surface area contributed by atoms with E-state index >= 15 is 0 Å². The zero-order chi connectivity index (χ0) is 9.52. The smallest absolute Gasteiger partial charge is 0.321 e. The zero-order valence-electron chi connectivity index (χ0n) is 7.46. The van der Waals surface area contributed by atoms with Crippen molar-refractivity contribution in [3.8, 4) is 6.01 Å². The average Bonchev–Trinajstić information content (AvgIpc) is 2.13. The van der Waals surface area contributed by atoms with Crippen molar-refractivity contribution in [2.75, 3.05) is 6.61 Å². The maximum atomic E-state index is 5.51. The Kier molecular flexibility index (Phi) is 4.46. The van der Waals surface area contributed by atoms with Crippen LogP contribution >= 0.6 is 11.6 Å². The van der Waals surface area contributed by atoms with Gasteiger partial charge < -0.3 is 4.74 Å². The molecule has 1 aromatic rings. The summed E-state index contributed by atoms with van der Waals surface area (Å²) in [5, 5.41) is 0.112. The lowest BCUT2D eigenvalue weighted by atomic mass is 10.3. The van der Waals surface area contributed by atoms with E-state index in [4.69, 9.17) is 16.3 Å². The Morgan fingerprint density at radius 1 is 1.38 bits per heavy atom. The standard InChI is InChI=1S/C8H11ClN3O/c1-2-3-4-5-13-8-11-6-10-7(9)12-8/h2-5H2,1H3. The summed E-state index contributed by atoms with van der Waals surface area (Å²) in [5.74, 6) is 0. The van der Waals surface area contributed by atoms with Gasteiger partial charge in [-0.3, -0.25) is 0 Å². The molecule has 0 spiro atoms. The van der Waals surface area contributed by atoms with Gasteiger partial charge in [-0.25, -0.2) is 0 Å². The van der Waals surface area contributed by atoms with Gasteiger partial charge in [-0.1, -0.05) is 19.8 Å². The summed E-state index contributed by atoms with van der Waals surface area (Å²) in [7, 11) is 0. The van der Waals surface area contributed by atoms with Gasteiger partial charge in [0.25, 0.3) is 0 Å². The van der Waals surface area contributed by atoms with E-state index in [1.54, 1.807) is 0 Å². The van der Waals surface area contributed by atoms with Crippen LogP contribution in [0.3, 0.4) is 0 Å². The molecule has 0 aliphatic rings. The number of hydrogen-bond donors (Lipinski definition) is 0. The van der Waals surface area contributed by atoms with Gasteiger partial charge in [0.05, 0.1) is 6.61 Å². The zero-order valence-corrected chi connectivity index (χ0v) is 8.21. The van der Waals surface area contributed by atoms with E-state index in [1.807, 2.05) is 0 Å². The van der Waals surface area contributed by atoms with Crippen LogP contribution < -0.4 is 4.74 Å². The molecule has 0 saturated heterocycles. The molecule has 0 unspecified atom stereocenters. The maximum absolute atomic E-state index is 5.51. The molecule has 4 nitrogen and oxygen atoms in total. The van der Waals surface area contributed by atoms with E-state index in [1.165, 1.54) is 0 Å². The molecule has 0 bridgehead atoms. The molecule has 71 valence electrons. The van der Waals surface area contributed by atoms with Crippen molar-refractivity contribution in [3.05, 3.63) is 11.6 Å². The summed E-state index contributed by atoms with van der Waals surface area (Å²) in [6.07, 6.45) is 5.65. The molecule has 0 amide bonds. The number of halogens is 1. The Morgan fingerprint density at radius 3 is 2.92 bits per heavy atom. The van der Waals surface area contributed by atoms with Gasteiger partial charge in [-0.15, -0.1) is 0 Å². The van der Waals surface area contributed by atoms with Crippen LogP contribution in [0.5, 0.6) is 6.01 Å². The van der Waals surface area contributed by atoms with Gasteiger partial charge in [-0.2, -0.15) is 15.0 Å². The summed E-state index contributed by atoms with van der Waals surface area (Å²) >= 11 is 5.51. The molecule has 1 heterocycles. The van der Waals surface area contributed by atoms with Gasteiger partial charge >= 0.3 is 6.01 Å². The first kappa shape index (κ1) is 10.2. The summed E-state index contributed by atoms with van der Waals surface area (Å²) in [5.41, 5.74) is 0. The highest BCUT2D eigenvalue weighted by Crippen LogP contribution is 2.04. The van der Waals surface area contributed by atoms with Crippen LogP contribution in [0.2, 0.25) is 5.28 Å². The van der Waals surface area contributed by atoms with Crippen LogP contribution in [0.1, 0.15) is 26.2 Å². The van der Waals surface area contributed by atoms with Gasteiger partial charge in [0.1, 0.15) is 0 Å². The second kappa shape index (κ2) is 5.70. The molecule has 5 heteroatoms. The Hall–Kier alpha value is -0.900. The molecule has 0 saturated carbocycles. The molecular formula is C8H11ClN3O. The number of aromatic nitrogens is 3. The fourth-order valence-corrected chi connectivity index (χ4v) is 0.928. The molecule has 0 N–H and O–H groups in total. The molecule has 1 radical (unpaired) electrons. The van der Waals surface area contributed by atoms with Crippen molar-refractivity contribution in [3.63, 3.8) is 0 Å². The minimum absolute atomic E-state index is 0.112. The minimum atomic E-state index is 0.112. The third kappa shape index (κ3) is 4.03. The number of ether oxygens (including phenoxy) is 1. The molecule has 13 heavy (non-hydrogen) atoms. The third-order valence-electron chi connectivity index (χ3n) is 1.45. The normalized spacial score (nSPS) is 10.0. The van der Waals surface area contributed by atoms with Crippen molar-refractivity contribution in [2.45, 2.75) is 26.2 Å². The Labute approximate surface area is 82.3 Å². The van der Waals surface area contributed by atoms with Gasteiger partial charge in [0.2, 0.25) is 11.6 Å². The summed E-state index contributed by atoms with van der Waals surface area (Å²) < 4.78 is 5.21. The summed E-state index contributed by atoms with van der Waals surface area (Å²) in [6.45, 7) is 2.75. The van der Waals surface area contributed by atoms with Gasteiger partial charge in [0, 0.05) is 0 Å². The highest BCUT2D eigenvalue weighted by Gasteiger charge is 1.98. The molecule has 0 aliphatic heterocycles. The van der Waals surface area contributed by atoms with E-state index < -0.39 is 0 Å². The van der Waals surface area contributed by atoms with Crippen LogP contribution in [0, 0.1) is 6.33 Å². The van der Waals surface area contributed by atoms with Crippen LogP contribution in [0.15, 0.2) is 0 Å². The highest BCUT2D eigenvalue weighted by atomic mass is 35.5. The Bertz CT molecular complexity index is 257. The fourth-order valence-electron chi connectivity index (χ4n) is 0.818. The molecular weight excluding hydrogens is 190 g/mol. The SMILES string of the molecule is CCCCCOc1n[c]nc(Cl)n1. The first-order valence-electron chi connectivity index (χ1n) is 4.23. The predicted molar refractivity (Wildman–Crippen MR) is 48.7 cm³/mol. The molecule has 0 fully saturated rings. The van der Waals surface area contributed by atoms with E-state index in [0.717, 1.165) is 19.3 Å². The summed E-state index contributed by atoms with van der Waals surface area (Å²) in [6, 6.07) is 0.246. The van der Waals surface area contributed by atoms with Gasteiger partial charge in [0.15, 0.2) is 0 Å². The maximum Gasteiger partial charge on any atom is 0.321 e. The number of hydrogen-bond acceptors (Lipinski definition) is 4. The van der Waals surface area contributed by atoms with Crippen LogP contribution in [0.4, 0.5) is 0 Å². The van der Waals surface area contributed by atoms with Crippen molar-refractivity contribution in [1.29, 1.82) is 0 Å². The van der Waals surface area contributed by atoms with E-state index in [0.29, 0.717) is 6.61 Å². The monoisotopic (exact) mass is 200 g/mol. The van der Waals surface area contributed by atoms with E-state index in [2.05, 4.69) is 28.2 Å². The number of nitrogens with zero attached hydrogens (tertiary/aromatic N) is 3. The van der Waals surface area contributed by atoms with E-state index in [-0.39, 0.29) is 11.3 Å². The lowest BCUT2D eigenvalue weighted by molar-refractivity contribution is 0.281. The quantitative estimate of drug-likeness (QED) is 0.682. The summed E-state index contributed by atoms with van der Waals surface area (Å²) in [4.78, 5) is 11.0. The van der Waals surface area contributed by atoms with Gasteiger partial charge in [-0.05, 0) is 18.0 Å². The van der Waals surface area contributed by atoms with Crippen molar-refractivity contribution >= 4 is 11.6 Å². The van der Waals surface area contributed by atoms with Crippen molar-refractivity contribution < 1.29 is 4.74 Å². The van der Waals surface area contributed by atoms with Crippen LogP contribution in [0.25, 0.3) is 0 Å². The highest BCUT2D eigenvalue weighted by molar-refractivity contribution is 6.28. The molecule has 0 aromatic carbocycles. The number of rotatable bonds is 5. The number of unbranched alkanes of at least 4 members (excludes halogenated alkanes) is 2. The molecule has 0 atom stereocenters. The fraction of sp³-hybridized carbons (Fsp3) is 0.625. The predicted octanol–water partition coefficient (Wildman–Crippen LogP) is 1.89. The van der Waals surface area contributed by atoms with Crippen LogP contribution in [-0.4, -0.2) is 21.6 Å². The Balaban J connectivity index is 2.28. The molecule has 0 aliphatic carbocycles. The second-order valence-corrected chi connectivity index (χ2v) is 2.88. The third-order valence-corrected chi connectivity index (χ3v) is 1.62. The molecule has 1 aromatic heterocycles. The minimum Gasteiger partial charge on any atom is -0.463 e. The Morgan fingerprint density at radius 2 is 2.23 bits per heavy atom. The first-order valence-corrected chi connectivity index (χ1v) is 4.61. The molecule has 1 rings (SSSR count). The van der Waals surface area contributed by atoms with Crippen molar-refractivity contribution in [2.24, 2.45) is 0 Å². The second-order valence-electron chi connectivity index (χ2n) is 2.54. The first-order chi connectivity index (χ1) is 6.33. The largest absolute Gasteiger partial charge is 0.463 e. The lowest BCUT2D eigenvalue weighted by Gasteiger charge is -2.01.